The van der Waals surface area contributed by atoms with Crippen molar-refractivity contribution in [3.63, 3.8) is 0 Å². The van der Waals surface area contributed by atoms with Gasteiger partial charge in [-0.1, -0.05) is 24.3 Å². The summed E-state index contributed by atoms with van der Waals surface area (Å²) in [4.78, 5) is 47.5. The number of piperidine rings is 2. The Labute approximate surface area is 271 Å². The van der Waals surface area contributed by atoms with E-state index in [0.29, 0.717) is 17.1 Å². The summed E-state index contributed by atoms with van der Waals surface area (Å²) in [7, 11) is -9.60. The maximum absolute atomic E-state index is 14.0. The topological polar surface area (TPSA) is 226 Å². The zero-order valence-corrected chi connectivity index (χ0v) is 27.4. The smallest absolute Gasteiger partial charge is 0.410 e. The van der Waals surface area contributed by atoms with Crippen LogP contribution in [0.2, 0.25) is 0 Å². The molecule has 19 heteroatoms. The number of nitro benzene ring substituents is 2. The minimum absolute atomic E-state index is 0.141. The highest BCUT2D eigenvalue weighted by Crippen LogP contribution is 2.34. The number of nitrogens with one attached hydrogen (secondary N) is 1. The maximum atomic E-state index is 14.0. The van der Waals surface area contributed by atoms with E-state index in [-0.39, 0.29) is 25.9 Å². The minimum Gasteiger partial charge on any atom is -0.444 e. The molecule has 256 valence electrons. The molecule has 0 radical (unpaired) electrons. The van der Waals surface area contributed by atoms with Gasteiger partial charge in [0.05, 0.1) is 16.0 Å². The zero-order valence-electron chi connectivity index (χ0n) is 25.8. The van der Waals surface area contributed by atoms with Gasteiger partial charge < -0.3 is 15.0 Å². The van der Waals surface area contributed by atoms with Gasteiger partial charge in [-0.25, -0.2) is 13.2 Å². The Hall–Kier alpha value is -4.20. The molecule has 0 spiro atoms. The molecule has 47 heavy (non-hydrogen) atoms. The minimum atomic E-state index is -4.81. The Morgan fingerprint density at radius 3 is 1.94 bits per heavy atom. The van der Waals surface area contributed by atoms with Gasteiger partial charge in [0.1, 0.15) is 11.6 Å². The monoisotopic (exact) mass is 697 g/mol. The van der Waals surface area contributed by atoms with Crippen LogP contribution in [0, 0.1) is 20.2 Å². The number of para-hydroxylation sites is 2. The molecule has 2 aromatic carbocycles. The molecule has 2 aliphatic rings. The van der Waals surface area contributed by atoms with E-state index in [1.807, 2.05) is 0 Å². The predicted molar refractivity (Wildman–Crippen MR) is 164 cm³/mol. The highest BCUT2D eigenvalue weighted by molar-refractivity contribution is 7.89. The van der Waals surface area contributed by atoms with Crippen LogP contribution in [-0.2, 0) is 33.9 Å². The van der Waals surface area contributed by atoms with Gasteiger partial charge in [0, 0.05) is 37.8 Å². The van der Waals surface area contributed by atoms with Gasteiger partial charge in [0.15, 0.2) is 9.79 Å². The lowest BCUT2D eigenvalue weighted by Crippen LogP contribution is -2.58. The van der Waals surface area contributed by atoms with Gasteiger partial charge in [0.25, 0.3) is 21.4 Å². The largest absolute Gasteiger partial charge is 0.444 e. The van der Waals surface area contributed by atoms with Crippen molar-refractivity contribution in [1.29, 1.82) is 0 Å². The van der Waals surface area contributed by atoms with E-state index in [4.69, 9.17) is 8.92 Å². The Bertz CT molecular complexity index is 1750. The molecule has 1 N–H and O–H groups in total. The van der Waals surface area contributed by atoms with Crippen LogP contribution in [-0.4, -0.2) is 91.3 Å². The van der Waals surface area contributed by atoms with Crippen molar-refractivity contribution in [2.75, 3.05) is 19.6 Å². The Morgan fingerprint density at radius 1 is 0.851 bits per heavy atom. The molecule has 0 saturated carbocycles. The second-order valence-corrected chi connectivity index (χ2v) is 15.4. The number of likely N-dealkylation sites (tertiary alicyclic amines) is 1. The third-order valence-electron chi connectivity index (χ3n) is 7.53. The van der Waals surface area contributed by atoms with Crippen molar-refractivity contribution in [1.82, 2.24) is 14.5 Å². The fourth-order valence-corrected chi connectivity index (χ4v) is 8.42. The number of hydrogen-bond acceptors (Lipinski definition) is 12. The van der Waals surface area contributed by atoms with E-state index in [1.54, 1.807) is 20.8 Å². The van der Waals surface area contributed by atoms with Crippen molar-refractivity contribution in [3.05, 3.63) is 68.8 Å². The molecule has 4 rings (SSSR count). The van der Waals surface area contributed by atoms with E-state index in [9.17, 15) is 46.7 Å². The summed E-state index contributed by atoms with van der Waals surface area (Å²) in [5, 5.41) is 26.0. The number of carbonyl (C=O) groups excluding carboxylic acids is 2. The van der Waals surface area contributed by atoms with Gasteiger partial charge in [-0.05, 0) is 58.6 Å². The number of nitro groups is 2. The second-order valence-electron chi connectivity index (χ2n) is 12.0. The van der Waals surface area contributed by atoms with Gasteiger partial charge in [-0.2, -0.15) is 12.7 Å². The van der Waals surface area contributed by atoms with Crippen LogP contribution in [0.5, 0.6) is 0 Å². The third kappa shape index (κ3) is 8.40. The molecule has 0 unspecified atom stereocenters. The Kier molecular flexibility index (Phi) is 10.5. The molecule has 2 atom stereocenters. The van der Waals surface area contributed by atoms with Crippen molar-refractivity contribution < 1.29 is 45.2 Å². The van der Waals surface area contributed by atoms with Crippen LogP contribution in [0.15, 0.2) is 58.3 Å². The van der Waals surface area contributed by atoms with Crippen LogP contribution in [0.1, 0.15) is 46.5 Å². The fourth-order valence-electron chi connectivity index (χ4n) is 5.35. The number of carbonyl (C=O) groups is 2. The zero-order chi connectivity index (χ0) is 34.7. The van der Waals surface area contributed by atoms with E-state index >= 15 is 0 Å². The molecule has 0 bridgehead atoms. The average Bonchev–Trinajstić information content (AvgIpc) is 3.00. The number of rotatable bonds is 9. The number of benzene rings is 2. The molecule has 2 amide bonds. The molecule has 0 aliphatic carbocycles. The lowest BCUT2D eigenvalue weighted by molar-refractivity contribution is -0.388. The molecule has 17 nitrogen and oxygen atoms in total. The summed E-state index contributed by atoms with van der Waals surface area (Å²) in [5.41, 5.74) is -2.19. The van der Waals surface area contributed by atoms with Crippen LogP contribution in [0.3, 0.4) is 0 Å². The number of hydrogen-bond donors (Lipinski definition) is 1. The molecule has 2 fully saturated rings. The quantitative estimate of drug-likeness (QED) is 0.227. The van der Waals surface area contributed by atoms with Crippen LogP contribution in [0.25, 0.3) is 0 Å². The maximum Gasteiger partial charge on any atom is 0.410 e. The Morgan fingerprint density at radius 2 is 1.38 bits per heavy atom. The Balaban J connectivity index is 1.58. The summed E-state index contributed by atoms with van der Waals surface area (Å²) in [6.07, 6.45) is -1.59. The van der Waals surface area contributed by atoms with E-state index < -0.39 is 93.5 Å². The van der Waals surface area contributed by atoms with Gasteiger partial charge in [-0.15, -0.1) is 0 Å². The summed E-state index contributed by atoms with van der Waals surface area (Å²) < 4.78 is 65.5. The molecule has 0 aromatic heterocycles. The number of nitrogens with zero attached hydrogens (tertiary/aromatic N) is 4. The van der Waals surface area contributed by atoms with Crippen molar-refractivity contribution in [2.45, 2.75) is 80.0 Å². The molecule has 2 aliphatic heterocycles. The first-order valence-corrected chi connectivity index (χ1v) is 17.5. The van der Waals surface area contributed by atoms with Crippen LogP contribution >= 0.6 is 0 Å². The molecular weight excluding hydrogens is 662 g/mol. The summed E-state index contributed by atoms with van der Waals surface area (Å²) in [6, 6.07) is 7.15. The first-order valence-electron chi connectivity index (χ1n) is 14.6. The molecular formula is C28H35N5O12S2. The lowest BCUT2D eigenvalue weighted by atomic mass is 10.00. The average molecular weight is 698 g/mol. The van der Waals surface area contributed by atoms with Crippen LogP contribution < -0.4 is 5.32 Å². The standard InChI is InChI=1S/C28H35N5O12S2/c1-28(2,3)44-27(35)30-16-14-19(15-17-30)29-26(34)23-13-12-20(45-47(42,43)25-11-7-5-9-22(25)33(38)39)18-31(23)46(40,41)24-10-6-4-8-21(24)32(36)37/h4-11,19-20,23H,12-18H2,1-3H3,(H,29,34)/t20-,23-/m0/s1. The third-order valence-corrected chi connectivity index (χ3v) is 10.9. The normalized spacial score (nSPS) is 19.9. The van der Waals surface area contributed by atoms with Gasteiger partial charge >= 0.3 is 16.2 Å². The van der Waals surface area contributed by atoms with Crippen LogP contribution in [0.4, 0.5) is 16.2 Å². The van der Waals surface area contributed by atoms with E-state index in [1.165, 1.54) is 29.2 Å². The predicted octanol–water partition coefficient (Wildman–Crippen LogP) is 2.95. The first kappa shape index (κ1) is 35.7. The van der Waals surface area contributed by atoms with Crippen molar-refractivity contribution in [2.24, 2.45) is 0 Å². The summed E-state index contributed by atoms with van der Waals surface area (Å²) in [6.45, 7) is 5.04. The summed E-state index contributed by atoms with van der Waals surface area (Å²) in [5.74, 6) is -0.720. The first-order chi connectivity index (χ1) is 21.9. The number of amides is 2. The SMILES string of the molecule is CC(C)(C)OC(=O)N1CCC(NC(=O)[C@@H]2CC[C@H](OS(=O)(=O)c3ccccc3[N+](=O)[O-])CN2S(=O)(=O)c2ccccc2[N+](=O)[O-])CC1. The van der Waals surface area contributed by atoms with Gasteiger partial charge in [-0.3, -0.25) is 29.2 Å². The second kappa shape index (κ2) is 13.9. The van der Waals surface area contributed by atoms with E-state index in [2.05, 4.69) is 5.32 Å². The highest BCUT2D eigenvalue weighted by Gasteiger charge is 2.45. The molecule has 2 saturated heterocycles. The summed E-state index contributed by atoms with van der Waals surface area (Å²) >= 11 is 0. The van der Waals surface area contributed by atoms with Crippen molar-refractivity contribution >= 4 is 43.5 Å². The molecule has 2 heterocycles. The number of sulfonamides is 1. The highest BCUT2D eigenvalue weighted by atomic mass is 32.2. The van der Waals surface area contributed by atoms with Crippen molar-refractivity contribution in [3.8, 4) is 0 Å². The number of ether oxygens (including phenoxy) is 1. The molecule has 2 aromatic rings. The lowest BCUT2D eigenvalue weighted by Gasteiger charge is -2.38. The van der Waals surface area contributed by atoms with Gasteiger partial charge in [0.2, 0.25) is 5.91 Å². The fraction of sp³-hybridized carbons (Fsp3) is 0.500. The van der Waals surface area contributed by atoms with E-state index in [0.717, 1.165) is 24.3 Å².